The summed E-state index contributed by atoms with van der Waals surface area (Å²) in [5.41, 5.74) is 2.48. The third-order valence-corrected chi connectivity index (χ3v) is 6.37. The Labute approximate surface area is 178 Å². The number of piperidine rings is 1. The zero-order chi connectivity index (χ0) is 20.5. The van der Waals surface area contributed by atoms with Gasteiger partial charge in [-0.15, -0.1) is 0 Å². The van der Waals surface area contributed by atoms with Crippen molar-refractivity contribution in [3.05, 3.63) is 39.9 Å². The van der Waals surface area contributed by atoms with Crippen molar-refractivity contribution in [3.8, 4) is 0 Å². The van der Waals surface area contributed by atoms with E-state index in [1.807, 2.05) is 0 Å². The molecule has 0 aromatic carbocycles. The molecule has 0 atom stereocenters. The van der Waals surface area contributed by atoms with Crippen molar-refractivity contribution < 1.29 is 4.52 Å². The Kier molecular flexibility index (Phi) is 8.55. The summed E-state index contributed by atoms with van der Waals surface area (Å²) in [5.74, 6) is 2.17. The van der Waals surface area contributed by atoms with Crippen molar-refractivity contribution >= 4 is 17.3 Å². The third-order valence-electron chi connectivity index (χ3n) is 5.63. The molecule has 29 heavy (non-hydrogen) atoms. The van der Waals surface area contributed by atoms with Crippen molar-refractivity contribution in [3.63, 3.8) is 0 Å². The van der Waals surface area contributed by atoms with Crippen LogP contribution >= 0.6 is 11.3 Å². The number of guanidine groups is 1. The van der Waals surface area contributed by atoms with E-state index in [-0.39, 0.29) is 0 Å². The van der Waals surface area contributed by atoms with Gasteiger partial charge in [0.15, 0.2) is 11.7 Å². The number of hydrogen-bond donors (Lipinski definition) is 2. The number of nitrogens with one attached hydrogen (secondary N) is 2. The molecule has 2 aromatic rings. The van der Waals surface area contributed by atoms with E-state index in [0.717, 1.165) is 69.3 Å². The highest BCUT2D eigenvalue weighted by Gasteiger charge is 2.20. The lowest BCUT2D eigenvalue weighted by molar-refractivity contribution is 0.198. The van der Waals surface area contributed by atoms with Crippen molar-refractivity contribution in [2.45, 2.75) is 71.5 Å². The molecule has 0 radical (unpaired) electrons. The van der Waals surface area contributed by atoms with Crippen LogP contribution in [0, 0.1) is 0 Å². The molecule has 1 fully saturated rings. The van der Waals surface area contributed by atoms with Crippen LogP contribution in [0.1, 0.15) is 69.4 Å². The molecule has 3 heterocycles. The number of aromatic nitrogens is 1. The maximum Gasteiger partial charge on any atom is 0.191 e. The van der Waals surface area contributed by atoms with Gasteiger partial charge in [0.25, 0.3) is 0 Å². The molecule has 1 aliphatic heterocycles. The summed E-state index contributed by atoms with van der Waals surface area (Å²) in [4.78, 5) is 7.27. The summed E-state index contributed by atoms with van der Waals surface area (Å²) in [6.07, 6.45) is 4.44. The van der Waals surface area contributed by atoms with Crippen LogP contribution in [0.2, 0.25) is 0 Å². The number of hydrogen-bond acceptors (Lipinski definition) is 5. The van der Waals surface area contributed by atoms with Crippen molar-refractivity contribution in [1.29, 1.82) is 0 Å². The van der Waals surface area contributed by atoms with E-state index in [1.54, 1.807) is 11.3 Å². The lowest BCUT2D eigenvalue weighted by Gasteiger charge is -2.32. The molecule has 1 saturated heterocycles. The highest BCUT2D eigenvalue weighted by Crippen LogP contribution is 2.22. The lowest BCUT2D eigenvalue weighted by Crippen LogP contribution is -2.48. The van der Waals surface area contributed by atoms with Gasteiger partial charge in [-0.2, -0.15) is 11.3 Å². The van der Waals surface area contributed by atoms with Crippen LogP contribution in [-0.4, -0.2) is 41.7 Å². The summed E-state index contributed by atoms with van der Waals surface area (Å²) in [5, 5.41) is 15.6. The SMILES string of the molecule is CCNC(=NCc1cc(C(CC)CC)no1)NC1CCN(Cc2ccsc2)CC1. The zero-order valence-electron chi connectivity index (χ0n) is 18.0. The zero-order valence-corrected chi connectivity index (χ0v) is 18.8. The number of likely N-dealkylation sites (tertiary alicyclic amines) is 1. The number of thiophene rings is 1. The predicted molar refractivity (Wildman–Crippen MR) is 120 cm³/mol. The Morgan fingerprint density at radius 3 is 2.76 bits per heavy atom. The number of rotatable bonds is 9. The van der Waals surface area contributed by atoms with Gasteiger partial charge in [0.2, 0.25) is 0 Å². The van der Waals surface area contributed by atoms with E-state index in [0.29, 0.717) is 18.5 Å². The Morgan fingerprint density at radius 1 is 1.31 bits per heavy atom. The molecule has 2 N–H and O–H groups in total. The standard InChI is InChI=1S/C22H35N5OS/c1-4-18(5-2)21-13-20(28-26-21)14-24-22(23-6-3)25-19-7-10-27(11-8-19)15-17-9-12-29-16-17/h9,12-13,16,18-19H,4-8,10-11,14-15H2,1-3H3,(H2,23,24,25). The number of aliphatic imine (C=N–C) groups is 1. The van der Waals surface area contributed by atoms with Gasteiger partial charge < -0.3 is 15.2 Å². The summed E-state index contributed by atoms with van der Waals surface area (Å²) in [6.45, 7) is 11.1. The van der Waals surface area contributed by atoms with Crippen LogP contribution in [0.25, 0.3) is 0 Å². The first-order valence-electron chi connectivity index (χ1n) is 11.0. The normalized spacial score (nSPS) is 16.5. The minimum absolute atomic E-state index is 0.460. The maximum atomic E-state index is 5.51. The first-order valence-corrected chi connectivity index (χ1v) is 11.9. The van der Waals surface area contributed by atoms with Crippen LogP contribution in [0.5, 0.6) is 0 Å². The smallest absolute Gasteiger partial charge is 0.191 e. The molecule has 2 aromatic heterocycles. The quantitative estimate of drug-likeness (QED) is 0.469. The molecule has 0 unspecified atom stereocenters. The maximum absolute atomic E-state index is 5.51. The van der Waals surface area contributed by atoms with Crippen molar-refractivity contribution in [1.82, 2.24) is 20.7 Å². The number of nitrogens with zero attached hydrogens (tertiary/aromatic N) is 3. The molecule has 0 bridgehead atoms. The van der Waals surface area contributed by atoms with Gasteiger partial charge in [-0.25, -0.2) is 4.99 Å². The lowest BCUT2D eigenvalue weighted by atomic mass is 9.99. The van der Waals surface area contributed by atoms with Crippen LogP contribution in [0.15, 0.2) is 32.4 Å². The molecule has 0 aliphatic carbocycles. The second-order valence-corrected chi connectivity index (χ2v) is 8.53. The van der Waals surface area contributed by atoms with Gasteiger partial charge in [-0.3, -0.25) is 4.90 Å². The van der Waals surface area contributed by atoms with Gasteiger partial charge in [0.05, 0.1) is 5.69 Å². The monoisotopic (exact) mass is 417 g/mol. The Morgan fingerprint density at radius 2 is 2.10 bits per heavy atom. The molecule has 0 amide bonds. The molecular weight excluding hydrogens is 382 g/mol. The van der Waals surface area contributed by atoms with Crippen LogP contribution in [0.4, 0.5) is 0 Å². The second-order valence-electron chi connectivity index (χ2n) is 7.75. The molecular formula is C22H35N5OS. The summed E-state index contributed by atoms with van der Waals surface area (Å²) >= 11 is 1.78. The van der Waals surface area contributed by atoms with Crippen molar-refractivity contribution in [2.75, 3.05) is 19.6 Å². The van der Waals surface area contributed by atoms with E-state index < -0.39 is 0 Å². The molecule has 0 saturated carbocycles. The minimum Gasteiger partial charge on any atom is -0.359 e. The summed E-state index contributed by atoms with van der Waals surface area (Å²) < 4.78 is 5.51. The first-order chi connectivity index (χ1) is 14.2. The van der Waals surface area contributed by atoms with E-state index in [1.165, 1.54) is 5.56 Å². The van der Waals surface area contributed by atoms with E-state index in [4.69, 9.17) is 9.52 Å². The third kappa shape index (κ3) is 6.57. The molecule has 3 rings (SSSR count). The largest absolute Gasteiger partial charge is 0.359 e. The predicted octanol–water partition coefficient (Wildman–Crippen LogP) is 4.36. The molecule has 7 heteroatoms. The average molecular weight is 418 g/mol. The van der Waals surface area contributed by atoms with E-state index >= 15 is 0 Å². The topological polar surface area (TPSA) is 65.7 Å². The van der Waals surface area contributed by atoms with Crippen molar-refractivity contribution in [2.24, 2.45) is 4.99 Å². The fourth-order valence-corrected chi connectivity index (χ4v) is 4.51. The second kappa shape index (κ2) is 11.4. The Bertz CT molecular complexity index is 730. The molecule has 6 nitrogen and oxygen atoms in total. The van der Waals surface area contributed by atoms with Gasteiger partial charge in [0.1, 0.15) is 6.54 Å². The summed E-state index contributed by atoms with van der Waals surface area (Å²) in [7, 11) is 0. The van der Waals surface area contributed by atoms with Gasteiger partial charge >= 0.3 is 0 Å². The van der Waals surface area contributed by atoms with Crippen LogP contribution < -0.4 is 10.6 Å². The Hall–Kier alpha value is -1.86. The highest BCUT2D eigenvalue weighted by molar-refractivity contribution is 7.07. The fraction of sp³-hybridized carbons (Fsp3) is 0.636. The Balaban J connectivity index is 1.49. The summed E-state index contributed by atoms with van der Waals surface area (Å²) in [6, 6.07) is 4.75. The fourth-order valence-electron chi connectivity index (χ4n) is 3.85. The average Bonchev–Trinajstić information content (AvgIpc) is 3.41. The minimum atomic E-state index is 0.460. The van der Waals surface area contributed by atoms with Crippen LogP contribution in [0.3, 0.4) is 0 Å². The van der Waals surface area contributed by atoms with Gasteiger partial charge in [-0.05, 0) is 55.0 Å². The van der Waals surface area contributed by atoms with Crippen LogP contribution in [-0.2, 0) is 13.1 Å². The first kappa shape index (κ1) is 21.8. The van der Waals surface area contributed by atoms with E-state index in [2.05, 4.69) is 64.4 Å². The molecule has 1 aliphatic rings. The van der Waals surface area contributed by atoms with E-state index in [9.17, 15) is 0 Å². The highest BCUT2D eigenvalue weighted by atomic mass is 32.1. The molecule has 0 spiro atoms. The molecule has 160 valence electrons. The van der Waals surface area contributed by atoms with Gasteiger partial charge in [-0.1, -0.05) is 19.0 Å². The van der Waals surface area contributed by atoms with Gasteiger partial charge in [0, 0.05) is 44.2 Å².